The molecule has 1 aromatic carbocycles. The lowest BCUT2D eigenvalue weighted by atomic mass is 9.97. The normalized spacial score (nSPS) is 13.7. The molecular weight excluding hydrogens is 354 g/mol. The van der Waals surface area contributed by atoms with Crippen LogP contribution in [0.25, 0.3) is 22.0 Å². The second-order valence-corrected chi connectivity index (χ2v) is 7.29. The molecule has 0 radical (unpaired) electrons. The van der Waals surface area contributed by atoms with Gasteiger partial charge < -0.3 is 15.0 Å². The van der Waals surface area contributed by atoms with Crippen molar-refractivity contribution in [2.75, 3.05) is 12.3 Å². The summed E-state index contributed by atoms with van der Waals surface area (Å²) in [5.74, 6) is -0.0555. The molecule has 1 aliphatic rings. The fourth-order valence-electron chi connectivity index (χ4n) is 3.66. The minimum atomic E-state index is -0.566. The number of hydrogen-bond donors (Lipinski definition) is 1. The van der Waals surface area contributed by atoms with Gasteiger partial charge in [0.2, 0.25) is 5.43 Å². The first-order chi connectivity index (χ1) is 13.4. The van der Waals surface area contributed by atoms with Gasteiger partial charge in [0, 0.05) is 29.4 Å². The summed E-state index contributed by atoms with van der Waals surface area (Å²) in [5, 5.41) is 0.541. The zero-order chi connectivity index (χ0) is 20.0. The number of carbonyl (C=O) groups is 1. The average Bonchev–Trinajstić information content (AvgIpc) is 3.50. The maximum Gasteiger partial charge on any atom is 0.343 e. The second-order valence-electron chi connectivity index (χ2n) is 7.29. The molecular formula is C22H23N3O3. The molecule has 3 aromatic rings. The van der Waals surface area contributed by atoms with Crippen LogP contribution in [0.15, 0.2) is 35.4 Å². The summed E-state index contributed by atoms with van der Waals surface area (Å²) in [5.41, 5.74) is 10.4. The molecule has 1 saturated carbocycles. The largest absolute Gasteiger partial charge is 0.462 e. The number of nitrogens with two attached hydrogens (primary N) is 1. The highest BCUT2D eigenvalue weighted by atomic mass is 16.5. The molecule has 4 rings (SSSR count). The van der Waals surface area contributed by atoms with Gasteiger partial charge in [-0.25, -0.2) is 9.78 Å². The summed E-state index contributed by atoms with van der Waals surface area (Å²) < 4.78 is 7.16. The van der Waals surface area contributed by atoms with E-state index in [1.165, 1.54) is 0 Å². The highest BCUT2D eigenvalue weighted by molar-refractivity contribution is 5.96. The summed E-state index contributed by atoms with van der Waals surface area (Å²) in [7, 11) is 0. The Labute approximate surface area is 163 Å². The van der Waals surface area contributed by atoms with E-state index in [9.17, 15) is 9.59 Å². The molecule has 0 saturated heterocycles. The third-order valence-corrected chi connectivity index (χ3v) is 5.31. The molecule has 6 nitrogen and oxygen atoms in total. The SMILES string of the molecule is CCOC(=O)c1cn(C2CC2)c2c(C)c(-c3cnc(N)c(C)c3)ccc2c1=O. The molecule has 1 aliphatic carbocycles. The van der Waals surface area contributed by atoms with Crippen molar-refractivity contribution in [2.24, 2.45) is 0 Å². The molecule has 0 unspecified atom stereocenters. The Morgan fingerprint density at radius 2 is 2.07 bits per heavy atom. The van der Waals surface area contributed by atoms with Crippen LogP contribution >= 0.6 is 0 Å². The first kappa shape index (κ1) is 18.2. The van der Waals surface area contributed by atoms with Crippen molar-refractivity contribution in [3.63, 3.8) is 0 Å². The van der Waals surface area contributed by atoms with Crippen molar-refractivity contribution in [3.8, 4) is 11.1 Å². The number of nitrogen functional groups attached to an aromatic ring is 1. The van der Waals surface area contributed by atoms with Crippen molar-refractivity contribution >= 4 is 22.7 Å². The van der Waals surface area contributed by atoms with E-state index in [1.807, 2.05) is 26.0 Å². The molecule has 0 bridgehead atoms. The van der Waals surface area contributed by atoms with E-state index in [4.69, 9.17) is 10.5 Å². The summed E-state index contributed by atoms with van der Waals surface area (Å²) in [6, 6.07) is 6.02. The number of anilines is 1. The van der Waals surface area contributed by atoms with Gasteiger partial charge in [-0.3, -0.25) is 4.79 Å². The van der Waals surface area contributed by atoms with Crippen LogP contribution in [-0.4, -0.2) is 22.1 Å². The van der Waals surface area contributed by atoms with Gasteiger partial charge in [0.1, 0.15) is 11.4 Å². The Kier molecular flexibility index (Phi) is 4.41. The first-order valence-electron chi connectivity index (χ1n) is 9.50. The van der Waals surface area contributed by atoms with E-state index in [-0.39, 0.29) is 17.6 Å². The molecule has 144 valence electrons. The molecule has 2 heterocycles. The number of fused-ring (bicyclic) bond motifs is 1. The van der Waals surface area contributed by atoms with Crippen molar-refractivity contribution in [1.82, 2.24) is 9.55 Å². The molecule has 1 fully saturated rings. The van der Waals surface area contributed by atoms with Crippen LogP contribution in [0.1, 0.15) is 47.3 Å². The van der Waals surface area contributed by atoms with Gasteiger partial charge in [0.25, 0.3) is 0 Å². The maximum absolute atomic E-state index is 13.0. The number of aromatic nitrogens is 2. The molecule has 0 atom stereocenters. The minimum absolute atomic E-state index is 0.0957. The highest BCUT2D eigenvalue weighted by Gasteiger charge is 2.28. The number of nitrogens with zero attached hydrogens (tertiary/aromatic N) is 2. The quantitative estimate of drug-likeness (QED) is 0.699. The standard InChI is InChI=1S/C22H23N3O3/c1-4-28-22(27)18-11-25(15-5-6-15)19-13(3)16(7-8-17(19)20(18)26)14-9-12(2)21(23)24-10-14/h7-11,15H,4-6H2,1-3H3,(H2,23,24). The second kappa shape index (κ2) is 6.78. The average molecular weight is 377 g/mol. The third kappa shape index (κ3) is 2.95. The fraction of sp³-hybridized carbons (Fsp3) is 0.318. The predicted octanol–water partition coefficient (Wildman–Crippen LogP) is 3.77. The Bertz CT molecular complexity index is 1160. The first-order valence-corrected chi connectivity index (χ1v) is 9.50. The van der Waals surface area contributed by atoms with E-state index in [2.05, 4.69) is 9.55 Å². The molecule has 6 heteroatoms. The van der Waals surface area contributed by atoms with E-state index >= 15 is 0 Å². The number of benzene rings is 1. The monoisotopic (exact) mass is 377 g/mol. The number of pyridine rings is 2. The Balaban J connectivity index is 1.98. The number of hydrogen-bond acceptors (Lipinski definition) is 5. The van der Waals surface area contributed by atoms with Gasteiger partial charge in [-0.15, -0.1) is 0 Å². The minimum Gasteiger partial charge on any atom is -0.462 e. The van der Waals surface area contributed by atoms with Crippen LogP contribution in [0.5, 0.6) is 0 Å². The summed E-state index contributed by atoms with van der Waals surface area (Å²) in [6.45, 7) is 5.90. The number of aryl methyl sites for hydroxylation is 2. The fourth-order valence-corrected chi connectivity index (χ4v) is 3.66. The molecule has 0 spiro atoms. The molecule has 0 aliphatic heterocycles. The van der Waals surface area contributed by atoms with Gasteiger partial charge in [-0.2, -0.15) is 0 Å². The van der Waals surface area contributed by atoms with E-state index in [0.717, 1.165) is 40.6 Å². The lowest BCUT2D eigenvalue weighted by Gasteiger charge is -2.17. The number of esters is 1. The molecule has 0 amide bonds. The van der Waals surface area contributed by atoms with E-state index in [1.54, 1.807) is 25.4 Å². The van der Waals surface area contributed by atoms with Crippen molar-refractivity contribution < 1.29 is 9.53 Å². The molecule has 28 heavy (non-hydrogen) atoms. The van der Waals surface area contributed by atoms with Gasteiger partial charge >= 0.3 is 5.97 Å². The smallest absolute Gasteiger partial charge is 0.343 e. The van der Waals surface area contributed by atoms with Crippen LogP contribution in [0.3, 0.4) is 0 Å². The van der Waals surface area contributed by atoms with Crippen LogP contribution in [0.2, 0.25) is 0 Å². The van der Waals surface area contributed by atoms with Crippen LogP contribution in [-0.2, 0) is 4.74 Å². The topological polar surface area (TPSA) is 87.2 Å². The zero-order valence-corrected chi connectivity index (χ0v) is 16.3. The molecule has 2 aromatic heterocycles. The predicted molar refractivity (Wildman–Crippen MR) is 110 cm³/mol. The third-order valence-electron chi connectivity index (χ3n) is 5.31. The van der Waals surface area contributed by atoms with Crippen LogP contribution in [0, 0.1) is 13.8 Å². The van der Waals surface area contributed by atoms with Gasteiger partial charge in [-0.1, -0.05) is 6.07 Å². The highest BCUT2D eigenvalue weighted by Crippen LogP contribution is 2.39. The van der Waals surface area contributed by atoms with Crippen molar-refractivity contribution in [2.45, 2.75) is 39.7 Å². The van der Waals surface area contributed by atoms with Crippen LogP contribution in [0.4, 0.5) is 5.82 Å². The number of carbonyl (C=O) groups excluding carboxylic acids is 1. The lowest BCUT2D eigenvalue weighted by Crippen LogP contribution is -2.21. The number of ether oxygens (including phenoxy) is 1. The Hall–Kier alpha value is -3.15. The Morgan fingerprint density at radius 1 is 1.32 bits per heavy atom. The lowest BCUT2D eigenvalue weighted by molar-refractivity contribution is 0.0524. The van der Waals surface area contributed by atoms with Crippen molar-refractivity contribution in [1.29, 1.82) is 0 Å². The van der Waals surface area contributed by atoms with Gasteiger partial charge in [0.05, 0.1) is 12.1 Å². The van der Waals surface area contributed by atoms with Gasteiger partial charge in [0.15, 0.2) is 0 Å². The van der Waals surface area contributed by atoms with Gasteiger partial charge in [-0.05, 0) is 62.4 Å². The van der Waals surface area contributed by atoms with E-state index in [0.29, 0.717) is 17.2 Å². The van der Waals surface area contributed by atoms with Crippen molar-refractivity contribution in [3.05, 3.63) is 57.5 Å². The Morgan fingerprint density at radius 3 is 2.71 bits per heavy atom. The summed E-state index contributed by atoms with van der Waals surface area (Å²) >= 11 is 0. The number of rotatable bonds is 4. The molecule has 2 N–H and O–H groups in total. The van der Waals surface area contributed by atoms with E-state index < -0.39 is 5.97 Å². The summed E-state index contributed by atoms with van der Waals surface area (Å²) in [4.78, 5) is 29.6. The zero-order valence-electron chi connectivity index (χ0n) is 16.3. The van der Waals surface area contributed by atoms with Crippen LogP contribution < -0.4 is 11.2 Å². The summed E-state index contributed by atoms with van der Waals surface area (Å²) in [6.07, 6.45) is 5.49. The maximum atomic E-state index is 13.0.